The predicted octanol–water partition coefficient (Wildman–Crippen LogP) is 3.07. The first-order chi connectivity index (χ1) is 13.0. The lowest BCUT2D eigenvalue weighted by Gasteiger charge is -2.35. The number of benzene rings is 1. The first-order valence-electron chi connectivity index (χ1n) is 7.67. The molecule has 1 atom stereocenters. The fourth-order valence-corrected chi connectivity index (χ4v) is 2.64. The highest BCUT2D eigenvalue weighted by Crippen LogP contribution is 2.47. The lowest BCUT2D eigenvalue weighted by atomic mass is 10.0. The van der Waals surface area contributed by atoms with E-state index in [9.17, 15) is 31.9 Å². The summed E-state index contributed by atoms with van der Waals surface area (Å²) >= 11 is 0. The van der Waals surface area contributed by atoms with Crippen LogP contribution in [0.15, 0.2) is 36.4 Å². The molecule has 11 heteroatoms. The SMILES string of the molecule is N#Cc1cccc(CN2C(=O)C(F)(F)Oc3c([C@@H](O)C(F)(F)F)cccc32)n1. The maximum Gasteiger partial charge on any atom is 0.483 e. The van der Waals surface area contributed by atoms with Crippen LogP contribution in [0.2, 0.25) is 0 Å². The number of nitrogens with zero attached hydrogens (tertiary/aromatic N) is 3. The number of amides is 1. The highest BCUT2D eigenvalue weighted by molar-refractivity contribution is 6.01. The largest absolute Gasteiger partial charge is 0.483 e. The smallest absolute Gasteiger partial charge is 0.423 e. The Balaban J connectivity index is 2.10. The van der Waals surface area contributed by atoms with Gasteiger partial charge in [-0.1, -0.05) is 18.2 Å². The van der Waals surface area contributed by atoms with Crippen molar-refractivity contribution in [1.82, 2.24) is 4.98 Å². The number of rotatable bonds is 3. The molecule has 1 aromatic heterocycles. The molecule has 1 amide bonds. The Hall–Kier alpha value is -3.26. The number of carbonyl (C=O) groups is 1. The van der Waals surface area contributed by atoms with Gasteiger partial charge in [-0.15, -0.1) is 0 Å². The number of ether oxygens (including phenoxy) is 1. The standard InChI is InChI=1S/C17H10F5N3O3/c18-16(19,20)14(26)11-5-2-6-12-13(11)28-17(21,22)15(27)25(12)8-10-4-1-3-9(7-23)24-10/h1-6,14,26H,8H2/t14-/m1/s1. The lowest BCUT2D eigenvalue weighted by molar-refractivity contribution is -0.211. The molecule has 0 saturated heterocycles. The zero-order valence-electron chi connectivity index (χ0n) is 13.7. The quantitative estimate of drug-likeness (QED) is 0.802. The molecule has 0 unspecified atom stereocenters. The number of aliphatic hydroxyl groups excluding tert-OH is 1. The number of anilines is 1. The normalized spacial score (nSPS) is 16.8. The van der Waals surface area contributed by atoms with E-state index in [0.29, 0.717) is 4.90 Å². The molecule has 28 heavy (non-hydrogen) atoms. The molecule has 0 aliphatic carbocycles. The van der Waals surface area contributed by atoms with Crippen LogP contribution in [0, 0.1) is 11.3 Å². The average Bonchev–Trinajstić information content (AvgIpc) is 2.63. The van der Waals surface area contributed by atoms with Crippen LogP contribution in [0.1, 0.15) is 23.1 Å². The van der Waals surface area contributed by atoms with E-state index in [2.05, 4.69) is 9.72 Å². The molecule has 146 valence electrons. The number of aliphatic hydroxyl groups is 1. The maximum absolute atomic E-state index is 14.1. The summed E-state index contributed by atoms with van der Waals surface area (Å²) in [5, 5.41) is 18.4. The Kier molecular flexibility index (Phi) is 4.68. The Bertz CT molecular complexity index is 971. The topological polar surface area (TPSA) is 86.5 Å². The van der Waals surface area contributed by atoms with Gasteiger partial charge >= 0.3 is 18.2 Å². The van der Waals surface area contributed by atoms with Crippen molar-refractivity contribution in [3.8, 4) is 11.8 Å². The summed E-state index contributed by atoms with van der Waals surface area (Å²) in [7, 11) is 0. The van der Waals surface area contributed by atoms with E-state index in [0.717, 1.165) is 18.2 Å². The Morgan fingerprint density at radius 2 is 1.93 bits per heavy atom. The average molecular weight is 399 g/mol. The number of pyridine rings is 1. The molecule has 6 nitrogen and oxygen atoms in total. The highest BCUT2D eigenvalue weighted by atomic mass is 19.4. The van der Waals surface area contributed by atoms with Crippen LogP contribution in [0.3, 0.4) is 0 Å². The molecule has 1 N–H and O–H groups in total. The second-order valence-electron chi connectivity index (χ2n) is 5.78. The second kappa shape index (κ2) is 6.72. The number of hydrogen-bond acceptors (Lipinski definition) is 5. The van der Waals surface area contributed by atoms with Crippen molar-refractivity contribution in [3.05, 3.63) is 53.3 Å². The molecule has 1 aromatic carbocycles. The fourth-order valence-electron chi connectivity index (χ4n) is 2.64. The van der Waals surface area contributed by atoms with Gasteiger partial charge in [0.15, 0.2) is 11.9 Å². The van der Waals surface area contributed by atoms with Crippen LogP contribution in [-0.2, 0) is 11.3 Å². The zero-order chi connectivity index (χ0) is 20.7. The summed E-state index contributed by atoms with van der Waals surface area (Å²) in [5.74, 6) is -2.78. The zero-order valence-corrected chi connectivity index (χ0v) is 13.7. The number of nitriles is 1. The Morgan fingerprint density at radius 3 is 2.57 bits per heavy atom. The number of hydrogen-bond donors (Lipinski definition) is 1. The summed E-state index contributed by atoms with van der Waals surface area (Å²) in [6.45, 7) is -0.550. The van der Waals surface area contributed by atoms with Crippen molar-refractivity contribution >= 4 is 11.6 Å². The maximum atomic E-state index is 14.1. The van der Waals surface area contributed by atoms with Crippen molar-refractivity contribution in [2.75, 3.05) is 4.90 Å². The van der Waals surface area contributed by atoms with Gasteiger partial charge in [0.2, 0.25) is 0 Å². The van der Waals surface area contributed by atoms with Crippen molar-refractivity contribution in [2.24, 2.45) is 0 Å². The van der Waals surface area contributed by atoms with Gasteiger partial charge < -0.3 is 9.84 Å². The molecule has 3 rings (SSSR count). The lowest BCUT2D eigenvalue weighted by Crippen LogP contribution is -2.50. The van der Waals surface area contributed by atoms with Crippen LogP contribution >= 0.6 is 0 Å². The predicted molar refractivity (Wildman–Crippen MR) is 83.2 cm³/mol. The van der Waals surface area contributed by atoms with Crippen LogP contribution in [0.5, 0.6) is 5.75 Å². The minimum absolute atomic E-state index is 0.0357. The third-order valence-corrected chi connectivity index (χ3v) is 3.89. The first-order valence-corrected chi connectivity index (χ1v) is 7.67. The van der Waals surface area contributed by atoms with Gasteiger partial charge in [-0.05, 0) is 18.2 Å². The summed E-state index contributed by atoms with van der Waals surface area (Å²) in [6, 6.07) is 8.81. The van der Waals surface area contributed by atoms with Crippen LogP contribution in [0.4, 0.5) is 27.6 Å². The van der Waals surface area contributed by atoms with E-state index in [-0.39, 0.29) is 17.1 Å². The second-order valence-corrected chi connectivity index (χ2v) is 5.78. The highest BCUT2D eigenvalue weighted by Gasteiger charge is 2.53. The summed E-state index contributed by atoms with van der Waals surface area (Å²) in [5.41, 5.74) is -1.33. The van der Waals surface area contributed by atoms with Crippen LogP contribution in [-0.4, -0.2) is 28.3 Å². The third-order valence-electron chi connectivity index (χ3n) is 3.89. The van der Waals surface area contributed by atoms with Crippen LogP contribution in [0.25, 0.3) is 0 Å². The molecule has 2 aromatic rings. The van der Waals surface area contributed by atoms with Crippen molar-refractivity contribution in [2.45, 2.75) is 24.9 Å². The minimum Gasteiger partial charge on any atom is -0.423 e. The number of aromatic nitrogens is 1. The number of para-hydroxylation sites is 1. The van der Waals surface area contributed by atoms with Crippen molar-refractivity contribution in [1.29, 1.82) is 5.26 Å². The van der Waals surface area contributed by atoms with E-state index in [1.165, 1.54) is 18.2 Å². The monoisotopic (exact) mass is 399 g/mol. The van der Waals surface area contributed by atoms with Crippen molar-refractivity contribution in [3.63, 3.8) is 0 Å². The van der Waals surface area contributed by atoms with E-state index in [1.54, 1.807) is 6.07 Å². The van der Waals surface area contributed by atoms with E-state index in [4.69, 9.17) is 5.26 Å². The van der Waals surface area contributed by atoms with Gasteiger partial charge in [-0.3, -0.25) is 9.69 Å². The molecule has 0 spiro atoms. The van der Waals surface area contributed by atoms with Gasteiger partial charge in [-0.25, -0.2) is 4.98 Å². The van der Waals surface area contributed by atoms with Gasteiger partial charge in [0.1, 0.15) is 11.8 Å². The summed E-state index contributed by atoms with van der Waals surface area (Å²) in [6.07, 6.45) is -12.7. The molecule has 2 heterocycles. The number of carbonyl (C=O) groups excluding carboxylic acids is 1. The summed E-state index contributed by atoms with van der Waals surface area (Å²) < 4.78 is 71.0. The van der Waals surface area contributed by atoms with E-state index in [1.807, 2.05) is 0 Å². The molecular formula is C17H10F5N3O3. The van der Waals surface area contributed by atoms with Gasteiger partial charge in [0.05, 0.1) is 17.9 Å². The number of halogens is 5. The Morgan fingerprint density at radius 1 is 1.25 bits per heavy atom. The number of alkyl halides is 5. The minimum atomic E-state index is -5.14. The molecule has 0 fully saturated rings. The van der Waals surface area contributed by atoms with Gasteiger partial charge in [0.25, 0.3) is 0 Å². The number of fused-ring (bicyclic) bond motifs is 1. The fraction of sp³-hybridized carbons (Fsp3) is 0.235. The van der Waals surface area contributed by atoms with E-state index < -0.39 is 42.2 Å². The van der Waals surface area contributed by atoms with Crippen LogP contribution < -0.4 is 9.64 Å². The first kappa shape index (κ1) is 19.5. The van der Waals surface area contributed by atoms with Gasteiger partial charge in [-0.2, -0.15) is 27.2 Å². The molecule has 0 saturated carbocycles. The molecular weight excluding hydrogens is 389 g/mol. The molecule has 0 radical (unpaired) electrons. The molecule has 1 aliphatic heterocycles. The molecule has 0 bridgehead atoms. The summed E-state index contributed by atoms with van der Waals surface area (Å²) in [4.78, 5) is 16.5. The third kappa shape index (κ3) is 3.46. The van der Waals surface area contributed by atoms with Crippen molar-refractivity contribution < 1.29 is 36.6 Å². The van der Waals surface area contributed by atoms with E-state index >= 15 is 0 Å². The molecule has 1 aliphatic rings. The Labute approximate surface area is 154 Å². The van der Waals surface area contributed by atoms with Gasteiger partial charge in [0, 0.05) is 5.56 Å².